The zero-order chi connectivity index (χ0) is 21.9. The van der Waals surface area contributed by atoms with Gasteiger partial charge in [0.1, 0.15) is 5.75 Å². The van der Waals surface area contributed by atoms with E-state index in [0.717, 1.165) is 29.6 Å². The summed E-state index contributed by atoms with van der Waals surface area (Å²) in [6.07, 6.45) is -2.16. The van der Waals surface area contributed by atoms with Crippen LogP contribution in [0.25, 0.3) is 5.52 Å². The molecule has 0 aliphatic rings. The number of halogens is 3. The number of carbonyl (C=O) groups is 1. The normalized spacial score (nSPS) is 13.1. The third-order valence-corrected chi connectivity index (χ3v) is 4.48. The third-order valence-electron chi connectivity index (χ3n) is 4.48. The van der Waals surface area contributed by atoms with Crippen molar-refractivity contribution in [2.75, 3.05) is 5.32 Å². The second-order valence-electron chi connectivity index (χ2n) is 6.57. The van der Waals surface area contributed by atoms with Crippen LogP contribution in [0, 0.1) is 0 Å². The van der Waals surface area contributed by atoms with Crippen LogP contribution in [0.5, 0.6) is 5.75 Å². The van der Waals surface area contributed by atoms with Crippen LogP contribution in [0.2, 0.25) is 0 Å². The molecule has 2 aromatic heterocycles. The number of alkyl halides is 3. The first-order valence-corrected chi connectivity index (χ1v) is 9.03. The Hall–Kier alpha value is -3.23. The van der Waals surface area contributed by atoms with Gasteiger partial charge in [-0.15, -0.1) is 13.2 Å². The summed E-state index contributed by atoms with van der Waals surface area (Å²) in [4.78, 5) is 14.5. The maximum atomic E-state index is 12.9. The Morgan fingerprint density at radius 1 is 1.31 bits per heavy atom. The molecule has 1 atom stereocenters. The average Bonchev–Trinajstić information content (AvgIpc) is 3.05. The van der Waals surface area contributed by atoms with Gasteiger partial charge in [0.05, 0.1) is 6.89 Å². The van der Waals surface area contributed by atoms with Gasteiger partial charge in [0.15, 0.2) is 0 Å². The number of pyridine rings is 1. The number of benzene rings is 1. The molecule has 3 aromatic rings. The number of carbonyl (C=O) groups excluding carboxylic acids is 1. The second kappa shape index (κ2) is 8.42. The van der Waals surface area contributed by atoms with Crippen molar-refractivity contribution in [1.29, 1.82) is 0 Å². The van der Waals surface area contributed by atoms with E-state index in [-0.39, 0.29) is 24.0 Å². The van der Waals surface area contributed by atoms with Crippen LogP contribution in [-0.4, -0.2) is 32.9 Å². The molecule has 2 amide bonds. The summed E-state index contributed by atoms with van der Waals surface area (Å²) in [5.74, 6) is -0.359. The van der Waals surface area contributed by atoms with E-state index in [0.29, 0.717) is 12.2 Å². The molecule has 0 radical (unpaired) electrons. The number of rotatable bonds is 6. The van der Waals surface area contributed by atoms with E-state index in [1.54, 1.807) is 21.7 Å². The lowest BCUT2D eigenvalue weighted by Crippen LogP contribution is -2.40. The van der Waals surface area contributed by atoms with Gasteiger partial charge in [0, 0.05) is 30.6 Å². The Balaban J connectivity index is 1.73. The Morgan fingerprint density at radius 2 is 2.03 bits per heavy atom. The van der Waals surface area contributed by atoms with Crippen molar-refractivity contribution in [1.82, 2.24) is 14.5 Å². The highest BCUT2D eigenvalue weighted by Crippen LogP contribution is 2.24. The van der Waals surface area contributed by atoms with Crippen LogP contribution in [0.4, 0.5) is 23.7 Å². The lowest BCUT2D eigenvalue weighted by Gasteiger charge is -2.29. The maximum absolute atomic E-state index is 12.9. The van der Waals surface area contributed by atoms with E-state index in [1.165, 1.54) is 12.1 Å². The van der Waals surface area contributed by atoms with Crippen molar-refractivity contribution in [3.05, 3.63) is 60.4 Å². The molecule has 2 heterocycles. The Bertz CT molecular complexity index is 1020. The van der Waals surface area contributed by atoms with Gasteiger partial charge in [0.2, 0.25) is 0 Å². The standard InChI is InChI=1S/C20H21F3N4O2/c1-3-14(2)26(13-15-9-11-27-17(12-15)8-10-24-27)19(28)25-16-4-6-18(7-5-16)29-20(21,22)23/h4-12,14H,3,13H2,1-2H3,(H,25,28)/i10D. The van der Waals surface area contributed by atoms with Gasteiger partial charge >= 0.3 is 12.4 Å². The van der Waals surface area contributed by atoms with Crippen molar-refractivity contribution < 1.29 is 24.1 Å². The second-order valence-corrected chi connectivity index (χ2v) is 6.57. The fourth-order valence-corrected chi connectivity index (χ4v) is 2.79. The lowest BCUT2D eigenvalue weighted by atomic mass is 10.1. The van der Waals surface area contributed by atoms with Gasteiger partial charge in [-0.25, -0.2) is 9.31 Å². The molecule has 1 unspecified atom stereocenters. The summed E-state index contributed by atoms with van der Waals surface area (Å²) in [5.41, 5.74) is 1.97. The zero-order valence-corrected chi connectivity index (χ0v) is 15.9. The molecule has 1 N–H and O–H groups in total. The Morgan fingerprint density at radius 3 is 2.69 bits per heavy atom. The molecule has 0 aliphatic heterocycles. The molecule has 0 fully saturated rings. The SMILES string of the molecule is [2H]c1cc2cc(CN(C(=O)Nc3ccc(OC(F)(F)F)cc3)C(C)CC)ccn2n1. The monoisotopic (exact) mass is 407 g/mol. The van der Waals surface area contributed by atoms with Crippen LogP contribution < -0.4 is 10.1 Å². The Labute approximate surface area is 167 Å². The highest BCUT2D eigenvalue weighted by atomic mass is 19.4. The summed E-state index contributed by atoms with van der Waals surface area (Å²) in [5, 5.41) is 6.73. The number of fused-ring (bicyclic) bond motifs is 1. The fourth-order valence-electron chi connectivity index (χ4n) is 2.79. The summed E-state index contributed by atoms with van der Waals surface area (Å²) in [7, 11) is 0. The van der Waals surface area contributed by atoms with Crippen molar-refractivity contribution in [3.63, 3.8) is 0 Å². The molecule has 6 nitrogen and oxygen atoms in total. The van der Waals surface area contributed by atoms with E-state index in [2.05, 4.69) is 15.2 Å². The highest BCUT2D eigenvalue weighted by Gasteiger charge is 2.31. The number of nitrogens with one attached hydrogen (secondary N) is 1. The predicted octanol–water partition coefficient (Wildman–Crippen LogP) is 5.07. The number of hydrogen-bond donors (Lipinski definition) is 1. The molecule has 0 aliphatic carbocycles. The molecular formula is C20H21F3N4O2. The summed E-state index contributed by atoms with van der Waals surface area (Å²) >= 11 is 0. The molecule has 1 aromatic carbocycles. The Kier molecular flexibility index (Phi) is 5.55. The van der Waals surface area contributed by atoms with Gasteiger partial charge < -0.3 is 15.0 Å². The van der Waals surface area contributed by atoms with Crippen molar-refractivity contribution in [2.24, 2.45) is 0 Å². The number of amides is 2. The molecule has 29 heavy (non-hydrogen) atoms. The minimum atomic E-state index is -4.77. The van der Waals surface area contributed by atoms with E-state index in [1.807, 2.05) is 26.0 Å². The molecule has 0 bridgehead atoms. The molecule has 9 heteroatoms. The van der Waals surface area contributed by atoms with Crippen LogP contribution in [0.15, 0.2) is 54.8 Å². The molecule has 3 rings (SSSR count). The number of urea groups is 1. The average molecular weight is 407 g/mol. The molecule has 0 saturated heterocycles. The molecule has 154 valence electrons. The van der Waals surface area contributed by atoms with Crippen molar-refractivity contribution in [3.8, 4) is 5.75 Å². The van der Waals surface area contributed by atoms with Gasteiger partial charge in [-0.2, -0.15) is 5.10 Å². The first kappa shape index (κ1) is 19.1. The van der Waals surface area contributed by atoms with Crippen LogP contribution in [0.3, 0.4) is 0 Å². The smallest absolute Gasteiger partial charge is 0.406 e. The van der Waals surface area contributed by atoms with Crippen LogP contribution in [0.1, 0.15) is 27.2 Å². The van der Waals surface area contributed by atoms with Crippen molar-refractivity contribution in [2.45, 2.75) is 39.2 Å². The first-order chi connectivity index (χ1) is 14.1. The van der Waals surface area contributed by atoms with Gasteiger partial charge in [-0.1, -0.05) is 6.92 Å². The minimum absolute atomic E-state index is 0.0780. The van der Waals surface area contributed by atoms with Gasteiger partial charge in [0.25, 0.3) is 0 Å². The predicted molar refractivity (Wildman–Crippen MR) is 103 cm³/mol. The third kappa shape index (κ3) is 5.40. The summed E-state index contributed by atoms with van der Waals surface area (Å²) in [6, 6.07) is 9.84. The molecular weight excluding hydrogens is 385 g/mol. The zero-order valence-electron chi connectivity index (χ0n) is 16.9. The number of aromatic nitrogens is 2. The van der Waals surface area contributed by atoms with E-state index < -0.39 is 6.36 Å². The maximum Gasteiger partial charge on any atom is 0.573 e. The number of hydrogen-bond acceptors (Lipinski definition) is 3. The number of ether oxygens (including phenoxy) is 1. The van der Waals surface area contributed by atoms with Crippen molar-refractivity contribution >= 4 is 17.2 Å². The fraction of sp³-hybridized carbons (Fsp3) is 0.300. The summed E-state index contributed by atoms with van der Waals surface area (Å²) in [6.45, 7) is 4.20. The first-order valence-electron chi connectivity index (χ1n) is 9.53. The topological polar surface area (TPSA) is 58.9 Å². The molecule has 0 saturated carbocycles. The van der Waals surface area contributed by atoms with E-state index >= 15 is 0 Å². The quantitative estimate of drug-likeness (QED) is 0.621. The van der Waals surface area contributed by atoms with Gasteiger partial charge in [-0.3, -0.25) is 0 Å². The number of anilines is 1. The minimum Gasteiger partial charge on any atom is -0.406 e. The summed E-state index contributed by atoms with van der Waals surface area (Å²) < 4.78 is 49.9. The van der Waals surface area contributed by atoms with E-state index in [9.17, 15) is 18.0 Å². The highest BCUT2D eigenvalue weighted by molar-refractivity contribution is 5.89. The largest absolute Gasteiger partial charge is 0.573 e. The number of nitrogens with zero attached hydrogens (tertiary/aromatic N) is 3. The van der Waals surface area contributed by atoms with Gasteiger partial charge in [-0.05, 0) is 61.4 Å². The molecule has 0 spiro atoms. The van der Waals surface area contributed by atoms with E-state index in [4.69, 9.17) is 1.37 Å². The van der Waals surface area contributed by atoms with Crippen LogP contribution >= 0.6 is 0 Å². The van der Waals surface area contributed by atoms with Crippen LogP contribution in [-0.2, 0) is 6.54 Å². The lowest BCUT2D eigenvalue weighted by molar-refractivity contribution is -0.274.